The second-order valence-electron chi connectivity index (χ2n) is 4.80. The molecule has 0 atom stereocenters. The van der Waals surface area contributed by atoms with Crippen LogP contribution in [0.5, 0.6) is 0 Å². The van der Waals surface area contributed by atoms with Gasteiger partial charge < -0.3 is 5.32 Å². The first kappa shape index (κ1) is 15.1. The summed E-state index contributed by atoms with van der Waals surface area (Å²) in [5, 5.41) is 14.7. The molecule has 0 saturated heterocycles. The Balaban J connectivity index is 2.15. The zero-order valence-corrected chi connectivity index (χ0v) is 13.3. The highest BCUT2D eigenvalue weighted by Gasteiger charge is 2.11. The molecule has 0 radical (unpaired) electrons. The quantitative estimate of drug-likeness (QED) is 0.415. The van der Waals surface area contributed by atoms with Crippen molar-refractivity contribution in [3.8, 4) is 0 Å². The fourth-order valence-electron chi connectivity index (χ4n) is 2.25. The lowest BCUT2D eigenvalue weighted by Crippen LogP contribution is -1.99. The van der Waals surface area contributed by atoms with Crippen LogP contribution in [0.4, 0.5) is 17.1 Å². The molecule has 0 fully saturated rings. The van der Waals surface area contributed by atoms with E-state index in [1.54, 1.807) is 12.1 Å². The van der Waals surface area contributed by atoms with Crippen LogP contribution in [0.2, 0.25) is 0 Å². The summed E-state index contributed by atoms with van der Waals surface area (Å²) < 4.78 is 0.844. The number of carbonyl (C=O) groups excluding carboxylic acids is 1. The molecule has 7 heteroatoms. The number of benzene rings is 2. The van der Waals surface area contributed by atoms with Gasteiger partial charge in [0.25, 0.3) is 5.69 Å². The Kier molecular flexibility index (Phi) is 4.03. The zero-order valence-electron chi connectivity index (χ0n) is 11.7. The smallest absolute Gasteiger partial charge is 0.271 e. The van der Waals surface area contributed by atoms with Gasteiger partial charge in [-0.1, -0.05) is 22.0 Å². The highest BCUT2D eigenvalue weighted by Crippen LogP contribution is 2.31. The van der Waals surface area contributed by atoms with Gasteiger partial charge in [0.05, 0.1) is 21.7 Å². The Hall–Kier alpha value is -2.80. The predicted molar refractivity (Wildman–Crippen MR) is 91.2 cm³/mol. The molecule has 0 bridgehead atoms. The molecule has 2 aromatic carbocycles. The number of nitro groups is 1. The number of carbonyl (C=O) groups is 1. The number of rotatable bonds is 4. The summed E-state index contributed by atoms with van der Waals surface area (Å²) in [6.07, 6.45) is 2.18. The third kappa shape index (κ3) is 3.04. The number of hydrogen-bond donors (Lipinski definition) is 1. The van der Waals surface area contributed by atoms with Gasteiger partial charge in [0.15, 0.2) is 6.29 Å². The SMILES string of the molecule is O=Cc1cnc2ccc(Br)cc2c1Nc1cccc([N+](=O)[O-])c1. The number of nitrogens with one attached hydrogen (secondary N) is 1. The number of aromatic nitrogens is 1. The number of nitrogens with zero attached hydrogens (tertiary/aromatic N) is 2. The Morgan fingerprint density at radius 2 is 2.04 bits per heavy atom. The number of nitro benzene ring substituents is 1. The maximum Gasteiger partial charge on any atom is 0.271 e. The van der Waals surface area contributed by atoms with Crippen LogP contribution in [0.25, 0.3) is 10.9 Å². The summed E-state index contributed by atoms with van der Waals surface area (Å²) in [4.78, 5) is 26.0. The zero-order chi connectivity index (χ0) is 16.4. The second-order valence-corrected chi connectivity index (χ2v) is 5.72. The van der Waals surface area contributed by atoms with E-state index in [4.69, 9.17) is 0 Å². The minimum Gasteiger partial charge on any atom is -0.354 e. The maximum atomic E-state index is 11.3. The molecular formula is C16H10BrN3O3. The fraction of sp³-hybridized carbons (Fsp3) is 0. The number of pyridine rings is 1. The average molecular weight is 372 g/mol. The number of aldehydes is 1. The van der Waals surface area contributed by atoms with Crippen molar-refractivity contribution in [1.29, 1.82) is 0 Å². The normalized spacial score (nSPS) is 10.5. The number of non-ortho nitro benzene ring substituents is 1. The van der Waals surface area contributed by atoms with Crippen molar-refractivity contribution in [3.05, 3.63) is 68.8 Å². The molecule has 114 valence electrons. The second kappa shape index (κ2) is 6.13. The van der Waals surface area contributed by atoms with Gasteiger partial charge in [0.1, 0.15) is 0 Å². The lowest BCUT2D eigenvalue weighted by molar-refractivity contribution is -0.384. The Labute approximate surface area is 139 Å². The molecule has 0 amide bonds. The molecular weight excluding hydrogens is 362 g/mol. The van der Waals surface area contributed by atoms with Crippen molar-refractivity contribution in [1.82, 2.24) is 4.98 Å². The van der Waals surface area contributed by atoms with Gasteiger partial charge in [-0.15, -0.1) is 0 Å². The topological polar surface area (TPSA) is 85.1 Å². The molecule has 0 aliphatic rings. The summed E-state index contributed by atoms with van der Waals surface area (Å²) in [5.74, 6) is 0. The fourth-order valence-corrected chi connectivity index (χ4v) is 2.61. The van der Waals surface area contributed by atoms with Gasteiger partial charge in [0, 0.05) is 33.9 Å². The van der Waals surface area contributed by atoms with Gasteiger partial charge in [-0.3, -0.25) is 19.9 Å². The van der Waals surface area contributed by atoms with Crippen LogP contribution in [-0.4, -0.2) is 16.2 Å². The lowest BCUT2D eigenvalue weighted by atomic mass is 10.1. The summed E-state index contributed by atoms with van der Waals surface area (Å²) in [5.41, 5.74) is 2.15. The minimum absolute atomic E-state index is 0.0257. The van der Waals surface area contributed by atoms with E-state index in [9.17, 15) is 14.9 Å². The van der Waals surface area contributed by atoms with Gasteiger partial charge in [-0.2, -0.15) is 0 Å². The number of halogens is 1. The van der Waals surface area contributed by atoms with Crippen molar-refractivity contribution in [2.75, 3.05) is 5.32 Å². The predicted octanol–water partition coefficient (Wildman–Crippen LogP) is 4.46. The van der Waals surface area contributed by atoms with E-state index >= 15 is 0 Å². The summed E-state index contributed by atoms with van der Waals surface area (Å²) in [7, 11) is 0. The highest BCUT2D eigenvalue weighted by atomic mass is 79.9. The first-order chi connectivity index (χ1) is 11.1. The third-order valence-electron chi connectivity index (χ3n) is 3.31. The molecule has 3 aromatic rings. The highest BCUT2D eigenvalue weighted by molar-refractivity contribution is 9.10. The Morgan fingerprint density at radius 3 is 2.78 bits per heavy atom. The molecule has 0 unspecified atom stereocenters. The van der Waals surface area contributed by atoms with Crippen LogP contribution in [0.15, 0.2) is 53.1 Å². The first-order valence-corrected chi connectivity index (χ1v) is 7.42. The van der Waals surface area contributed by atoms with Crippen LogP contribution < -0.4 is 5.32 Å². The molecule has 3 rings (SSSR count). The monoisotopic (exact) mass is 371 g/mol. The van der Waals surface area contributed by atoms with E-state index in [0.717, 1.165) is 9.86 Å². The van der Waals surface area contributed by atoms with E-state index in [1.165, 1.54) is 18.3 Å². The third-order valence-corrected chi connectivity index (χ3v) is 3.81. The molecule has 0 saturated carbocycles. The van der Waals surface area contributed by atoms with Crippen LogP contribution >= 0.6 is 15.9 Å². The van der Waals surface area contributed by atoms with Gasteiger partial charge >= 0.3 is 0 Å². The standard InChI is InChI=1S/C16H10BrN3O3/c17-11-4-5-15-14(6-11)16(10(9-21)8-18-15)19-12-2-1-3-13(7-12)20(22)23/h1-9H,(H,18,19). The summed E-state index contributed by atoms with van der Waals surface area (Å²) in [6, 6.07) is 11.6. The van der Waals surface area contributed by atoms with Gasteiger partial charge in [-0.05, 0) is 24.3 Å². The molecule has 23 heavy (non-hydrogen) atoms. The van der Waals surface area contributed by atoms with Crippen LogP contribution in [0.1, 0.15) is 10.4 Å². The molecule has 1 heterocycles. The Morgan fingerprint density at radius 1 is 1.22 bits per heavy atom. The minimum atomic E-state index is -0.465. The number of anilines is 2. The van der Waals surface area contributed by atoms with Crippen molar-refractivity contribution in [2.24, 2.45) is 0 Å². The van der Waals surface area contributed by atoms with E-state index in [2.05, 4.69) is 26.2 Å². The maximum absolute atomic E-state index is 11.3. The molecule has 0 aliphatic carbocycles. The van der Waals surface area contributed by atoms with Gasteiger partial charge in [-0.25, -0.2) is 0 Å². The molecule has 0 spiro atoms. The van der Waals surface area contributed by atoms with Crippen LogP contribution in [0.3, 0.4) is 0 Å². The molecule has 1 aromatic heterocycles. The van der Waals surface area contributed by atoms with Crippen molar-refractivity contribution in [2.45, 2.75) is 0 Å². The lowest BCUT2D eigenvalue weighted by Gasteiger charge is -2.12. The summed E-state index contributed by atoms with van der Waals surface area (Å²) in [6.45, 7) is 0. The molecule has 6 nitrogen and oxygen atoms in total. The van der Waals surface area contributed by atoms with Crippen LogP contribution in [-0.2, 0) is 0 Å². The molecule has 0 aliphatic heterocycles. The van der Waals surface area contributed by atoms with Crippen molar-refractivity contribution in [3.63, 3.8) is 0 Å². The number of hydrogen-bond acceptors (Lipinski definition) is 5. The average Bonchev–Trinajstić information content (AvgIpc) is 2.55. The largest absolute Gasteiger partial charge is 0.354 e. The molecule has 1 N–H and O–H groups in total. The first-order valence-electron chi connectivity index (χ1n) is 6.63. The van der Waals surface area contributed by atoms with E-state index in [1.807, 2.05) is 18.2 Å². The van der Waals surface area contributed by atoms with Crippen molar-refractivity contribution >= 4 is 50.2 Å². The van der Waals surface area contributed by atoms with Crippen molar-refractivity contribution < 1.29 is 9.72 Å². The Bertz CT molecular complexity index is 928. The van der Waals surface area contributed by atoms with Gasteiger partial charge in [0.2, 0.25) is 0 Å². The van der Waals surface area contributed by atoms with Crippen LogP contribution in [0, 0.1) is 10.1 Å². The van der Waals surface area contributed by atoms with E-state index in [-0.39, 0.29) is 5.69 Å². The summed E-state index contributed by atoms with van der Waals surface area (Å²) >= 11 is 3.40. The van der Waals surface area contributed by atoms with E-state index in [0.29, 0.717) is 28.7 Å². The number of fused-ring (bicyclic) bond motifs is 1. The van der Waals surface area contributed by atoms with E-state index < -0.39 is 4.92 Å².